The summed E-state index contributed by atoms with van der Waals surface area (Å²) in [6.07, 6.45) is 0. The molecule has 0 fully saturated rings. The third-order valence-electron chi connectivity index (χ3n) is 4.09. The number of anilines is 2. The molecule has 0 spiro atoms. The smallest absolute Gasteiger partial charge is 0.338 e. The summed E-state index contributed by atoms with van der Waals surface area (Å²) in [5, 5.41) is 15.9. The number of phenolic OH excluding ortho intramolecular Hbond substituents is 1. The van der Waals surface area contributed by atoms with Crippen LogP contribution < -0.4 is 10.6 Å². The summed E-state index contributed by atoms with van der Waals surface area (Å²) < 4.78 is 36.6. The number of urea groups is 1. The molecule has 0 saturated carbocycles. The molecule has 0 saturated heterocycles. The molecule has 0 bridgehead atoms. The SMILES string of the molecule is CCOC(=O)c1cccc(NC(=O)Nc2ccc3cc(S(=O)(=O)O)cc(O)c3c2)c1. The van der Waals surface area contributed by atoms with Crippen LogP contribution in [0.5, 0.6) is 5.75 Å². The van der Waals surface area contributed by atoms with E-state index in [1.165, 1.54) is 30.3 Å². The van der Waals surface area contributed by atoms with Crippen LogP contribution in [0.25, 0.3) is 10.8 Å². The third-order valence-corrected chi connectivity index (χ3v) is 4.92. The van der Waals surface area contributed by atoms with Crippen molar-refractivity contribution in [2.75, 3.05) is 17.2 Å². The molecule has 9 nitrogen and oxygen atoms in total. The van der Waals surface area contributed by atoms with E-state index in [-0.39, 0.29) is 17.7 Å². The van der Waals surface area contributed by atoms with Crippen LogP contribution in [0, 0.1) is 0 Å². The predicted molar refractivity (Wildman–Crippen MR) is 110 cm³/mol. The van der Waals surface area contributed by atoms with Gasteiger partial charge in [0, 0.05) is 22.8 Å². The lowest BCUT2D eigenvalue weighted by atomic mass is 10.1. The lowest BCUT2D eigenvalue weighted by Gasteiger charge is -2.10. The molecular weight excluding hydrogens is 412 g/mol. The van der Waals surface area contributed by atoms with E-state index in [2.05, 4.69) is 10.6 Å². The van der Waals surface area contributed by atoms with Gasteiger partial charge in [0.05, 0.1) is 17.1 Å². The third kappa shape index (κ3) is 4.85. The fourth-order valence-electron chi connectivity index (χ4n) is 2.77. The highest BCUT2D eigenvalue weighted by atomic mass is 32.2. The van der Waals surface area contributed by atoms with E-state index in [0.717, 1.165) is 6.07 Å². The Morgan fingerprint density at radius 1 is 1.00 bits per heavy atom. The molecule has 0 unspecified atom stereocenters. The Bertz CT molecular complexity index is 1240. The summed E-state index contributed by atoms with van der Waals surface area (Å²) in [7, 11) is -4.47. The Hall–Kier alpha value is -3.63. The number of hydrogen-bond donors (Lipinski definition) is 4. The van der Waals surface area contributed by atoms with Crippen LogP contribution in [0.3, 0.4) is 0 Å². The van der Waals surface area contributed by atoms with Gasteiger partial charge in [0.2, 0.25) is 0 Å². The normalized spacial score (nSPS) is 11.1. The molecule has 0 aliphatic rings. The average Bonchev–Trinajstić information content (AvgIpc) is 2.68. The van der Waals surface area contributed by atoms with E-state index >= 15 is 0 Å². The molecule has 4 N–H and O–H groups in total. The molecule has 10 heteroatoms. The molecule has 3 rings (SSSR count). The van der Waals surface area contributed by atoms with E-state index < -0.39 is 27.0 Å². The second kappa shape index (κ2) is 8.39. The van der Waals surface area contributed by atoms with Gasteiger partial charge in [0.25, 0.3) is 10.1 Å². The number of carbonyl (C=O) groups is 2. The van der Waals surface area contributed by atoms with Gasteiger partial charge in [-0.3, -0.25) is 4.55 Å². The standard InChI is InChI=1S/C20H18N2O7S/c1-2-29-19(24)13-4-3-5-14(8-13)21-20(25)22-15-7-6-12-9-16(30(26,27)28)11-18(23)17(12)10-15/h3-11,23H,2H2,1H3,(H2,21,22,25)(H,26,27,28). The summed E-state index contributed by atoms with van der Waals surface area (Å²) in [4.78, 5) is 23.6. The maximum atomic E-state index is 12.3. The summed E-state index contributed by atoms with van der Waals surface area (Å²) in [5.74, 6) is -0.873. The quantitative estimate of drug-likeness (QED) is 0.358. The number of phenols is 1. The van der Waals surface area contributed by atoms with E-state index in [4.69, 9.17) is 9.29 Å². The number of aromatic hydroxyl groups is 1. The lowest BCUT2D eigenvalue weighted by molar-refractivity contribution is 0.0526. The van der Waals surface area contributed by atoms with Gasteiger partial charge in [0.15, 0.2) is 0 Å². The van der Waals surface area contributed by atoms with Gasteiger partial charge < -0.3 is 20.5 Å². The second-order valence-corrected chi connectivity index (χ2v) is 7.66. The van der Waals surface area contributed by atoms with Crippen molar-refractivity contribution >= 4 is 44.3 Å². The van der Waals surface area contributed by atoms with Crippen LogP contribution in [0.4, 0.5) is 16.2 Å². The first kappa shape index (κ1) is 21.1. The van der Waals surface area contributed by atoms with Crippen LogP contribution in [-0.2, 0) is 14.9 Å². The number of benzene rings is 3. The van der Waals surface area contributed by atoms with E-state index in [1.54, 1.807) is 25.1 Å². The zero-order valence-corrected chi connectivity index (χ0v) is 16.6. The molecule has 0 radical (unpaired) electrons. The monoisotopic (exact) mass is 430 g/mol. The number of ether oxygens (including phenoxy) is 1. The van der Waals surface area contributed by atoms with Crippen molar-refractivity contribution in [3.05, 3.63) is 60.2 Å². The van der Waals surface area contributed by atoms with Gasteiger partial charge in [-0.15, -0.1) is 0 Å². The summed E-state index contributed by atoms with van der Waals surface area (Å²) in [6, 6.07) is 12.2. The molecule has 0 aromatic heterocycles. The van der Waals surface area contributed by atoms with Gasteiger partial charge in [0.1, 0.15) is 5.75 Å². The Morgan fingerprint density at radius 3 is 2.37 bits per heavy atom. The van der Waals surface area contributed by atoms with Crippen molar-refractivity contribution in [2.24, 2.45) is 0 Å². The Kier molecular flexibility index (Phi) is 5.90. The summed E-state index contributed by atoms with van der Waals surface area (Å²) in [6.45, 7) is 1.93. The largest absolute Gasteiger partial charge is 0.507 e. The minimum absolute atomic E-state index is 0.234. The van der Waals surface area contributed by atoms with Crippen LogP contribution >= 0.6 is 0 Å². The molecule has 0 heterocycles. The van der Waals surface area contributed by atoms with E-state index in [0.29, 0.717) is 22.3 Å². The topological polar surface area (TPSA) is 142 Å². The first-order valence-electron chi connectivity index (χ1n) is 8.77. The average molecular weight is 430 g/mol. The molecule has 2 amide bonds. The minimum atomic E-state index is -4.47. The van der Waals surface area contributed by atoms with Crippen LogP contribution in [0.15, 0.2) is 59.5 Å². The second-order valence-electron chi connectivity index (χ2n) is 6.23. The van der Waals surface area contributed by atoms with Crippen molar-refractivity contribution in [3.8, 4) is 5.75 Å². The van der Waals surface area contributed by atoms with Crippen molar-refractivity contribution in [2.45, 2.75) is 11.8 Å². The maximum Gasteiger partial charge on any atom is 0.338 e. The van der Waals surface area contributed by atoms with Crippen molar-refractivity contribution in [1.29, 1.82) is 0 Å². The van der Waals surface area contributed by atoms with Crippen molar-refractivity contribution in [1.82, 2.24) is 0 Å². The number of amides is 2. The molecule has 3 aromatic rings. The number of esters is 1. The number of nitrogens with one attached hydrogen (secondary N) is 2. The Balaban J connectivity index is 1.78. The molecule has 0 aliphatic heterocycles. The highest BCUT2D eigenvalue weighted by molar-refractivity contribution is 7.85. The fraction of sp³-hybridized carbons (Fsp3) is 0.100. The Labute approximate surface area is 172 Å². The van der Waals surface area contributed by atoms with Crippen molar-refractivity contribution < 1.29 is 32.4 Å². The lowest BCUT2D eigenvalue weighted by Crippen LogP contribution is -2.19. The summed E-state index contributed by atoms with van der Waals surface area (Å²) in [5.41, 5.74) is 0.996. The molecule has 156 valence electrons. The van der Waals surface area contributed by atoms with Gasteiger partial charge in [-0.1, -0.05) is 12.1 Å². The van der Waals surface area contributed by atoms with Gasteiger partial charge >= 0.3 is 12.0 Å². The summed E-state index contributed by atoms with van der Waals surface area (Å²) >= 11 is 0. The number of carbonyl (C=O) groups excluding carboxylic acids is 2. The molecule has 0 aliphatic carbocycles. The zero-order valence-electron chi connectivity index (χ0n) is 15.7. The van der Waals surface area contributed by atoms with Crippen LogP contribution in [-0.4, -0.2) is 36.7 Å². The number of fused-ring (bicyclic) bond motifs is 1. The van der Waals surface area contributed by atoms with Crippen molar-refractivity contribution in [3.63, 3.8) is 0 Å². The van der Waals surface area contributed by atoms with Crippen LogP contribution in [0.2, 0.25) is 0 Å². The van der Waals surface area contributed by atoms with Gasteiger partial charge in [-0.05, 0) is 48.7 Å². The van der Waals surface area contributed by atoms with Gasteiger partial charge in [-0.25, -0.2) is 9.59 Å². The molecule has 0 atom stereocenters. The number of rotatable bonds is 5. The zero-order chi connectivity index (χ0) is 21.9. The van der Waals surface area contributed by atoms with Gasteiger partial charge in [-0.2, -0.15) is 8.42 Å². The maximum absolute atomic E-state index is 12.3. The first-order valence-corrected chi connectivity index (χ1v) is 10.2. The molecule has 30 heavy (non-hydrogen) atoms. The predicted octanol–water partition coefficient (Wildman–Crippen LogP) is 3.61. The van der Waals surface area contributed by atoms with Crippen LogP contribution in [0.1, 0.15) is 17.3 Å². The highest BCUT2D eigenvalue weighted by Crippen LogP contribution is 2.31. The Morgan fingerprint density at radius 2 is 1.70 bits per heavy atom. The minimum Gasteiger partial charge on any atom is -0.507 e. The van der Waals surface area contributed by atoms with E-state index in [1.807, 2.05) is 0 Å². The number of hydrogen-bond acceptors (Lipinski definition) is 6. The molecule has 3 aromatic carbocycles. The first-order chi connectivity index (χ1) is 14.2. The fourth-order valence-corrected chi connectivity index (χ4v) is 3.31. The molecular formula is C20H18N2O7S. The van der Waals surface area contributed by atoms with E-state index in [9.17, 15) is 23.1 Å². The highest BCUT2D eigenvalue weighted by Gasteiger charge is 2.14.